The van der Waals surface area contributed by atoms with Crippen molar-refractivity contribution in [2.24, 2.45) is 0 Å². The molecule has 20 heavy (non-hydrogen) atoms. The SMILES string of the molecule is COc1ccc2c(oc(=O)c3c(C)cccc32)c1OC. The maximum Gasteiger partial charge on any atom is 0.344 e. The molecular weight excluding hydrogens is 256 g/mol. The Morgan fingerprint density at radius 1 is 1.00 bits per heavy atom. The predicted molar refractivity (Wildman–Crippen MR) is 77.8 cm³/mol. The zero-order valence-electron chi connectivity index (χ0n) is 11.5. The fourth-order valence-corrected chi connectivity index (χ4v) is 2.52. The molecule has 1 aromatic heterocycles. The zero-order valence-corrected chi connectivity index (χ0v) is 11.5. The van der Waals surface area contributed by atoms with E-state index >= 15 is 0 Å². The van der Waals surface area contributed by atoms with Crippen LogP contribution in [0.2, 0.25) is 0 Å². The Bertz CT molecular complexity index is 862. The molecule has 0 saturated heterocycles. The van der Waals surface area contributed by atoms with Crippen LogP contribution in [0.4, 0.5) is 0 Å². The summed E-state index contributed by atoms with van der Waals surface area (Å²) in [5.41, 5.74) is 0.944. The van der Waals surface area contributed by atoms with Gasteiger partial charge in [0.2, 0.25) is 5.75 Å². The number of fused-ring (bicyclic) bond motifs is 3. The second-order valence-electron chi connectivity index (χ2n) is 4.56. The van der Waals surface area contributed by atoms with Crippen LogP contribution in [0.5, 0.6) is 11.5 Å². The topological polar surface area (TPSA) is 48.7 Å². The Hall–Kier alpha value is -2.49. The zero-order chi connectivity index (χ0) is 14.3. The molecule has 0 amide bonds. The summed E-state index contributed by atoms with van der Waals surface area (Å²) in [6, 6.07) is 9.41. The molecule has 4 heteroatoms. The maximum atomic E-state index is 12.2. The molecule has 3 rings (SSSR count). The van der Waals surface area contributed by atoms with E-state index in [9.17, 15) is 4.79 Å². The van der Waals surface area contributed by atoms with Crippen LogP contribution in [0.25, 0.3) is 21.7 Å². The lowest BCUT2D eigenvalue weighted by atomic mass is 10.0. The van der Waals surface area contributed by atoms with Crippen molar-refractivity contribution in [3.05, 3.63) is 46.3 Å². The number of aryl methyl sites for hydroxylation is 1. The number of benzene rings is 2. The molecule has 0 fully saturated rings. The molecule has 0 unspecified atom stereocenters. The minimum Gasteiger partial charge on any atom is -0.493 e. The third-order valence-corrected chi connectivity index (χ3v) is 3.46. The minimum absolute atomic E-state index is 0.364. The van der Waals surface area contributed by atoms with Crippen molar-refractivity contribution in [3.63, 3.8) is 0 Å². The lowest BCUT2D eigenvalue weighted by molar-refractivity contribution is 0.352. The van der Waals surface area contributed by atoms with E-state index < -0.39 is 0 Å². The van der Waals surface area contributed by atoms with Crippen molar-refractivity contribution in [3.8, 4) is 11.5 Å². The fourth-order valence-electron chi connectivity index (χ4n) is 2.52. The summed E-state index contributed by atoms with van der Waals surface area (Å²) in [7, 11) is 3.07. The molecular formula is C16H14O4. The minimum atomic E-state index is -0.364. The quantitative estimate of drug-likeness (QED) is 0.529. The van der Waals surface area contributed by atoms with E-state index in [1.54, 1.807) is 7.11 Å². The summed E-state index contributed by atoms with van der Waals surface area (Å²) in [6.45, 7) is 1.89. The normalized spacial score (nSPS) is 10.9. The summed E-state index contributed by atoms with van der Waals surface area (Å²) in [5.74, 6) is 0.973. The molecule has 0 aliphatic heterocycles. The summed E-state index contributed by atoms with van der Waals surface area (Å²) < 4.78 is 16.0. The Morgan fingerprint density at radius 3 is 2.50 bits per heavy atom. The first kappa shape index (κ1) is 12.5. The van der Waals surface area contributed by atoms with Crippen molar-refractivity contribution < 1.29 is 13.9 Å². The van der Waals surface area contributed by atoms with Gasteiger partial charge in [0.15, 0.2) is 11.3 Å². The van der Waals surface area contributed by atoms with E-state index in [1.165, 1.54) is 7.11 Å². The average Bonchev–Trinajstić information content (AvgIpc) is 2.46. The van der Waals surface area contributed by atoms with Crippen LogP contribution in [-0.4, -0.2) is 14.2 Å². The lowest BCUT2D eigenvalue weighted by Gasteiger charge is -2.11. The molecule has 1 heterocycles. The smallest absolute Gasteiger partial charge is 0.344 e. The second kappa shape index (κ2) is 4.56. The van der Waals surface area contributed by atoms with Crippen molar-refractivity contribution in [1.82, 2.24) is 0 Å². The highest BCUT2D eigenvalue weighted by molar-refractivity contribution is 6.07. The maximum absolute atomic E-state index is 12.2. The summed E-state index contributed by atoms with van der Waals surface area (Å²) >= 11 is 0. The van der Waals surface area contributed by atoms with E-state index in [1.807, 2.05) is 37.3 Å². The molecule has 0 radical (unpaired) electrons. The predicted octanol–water partition coefficient (Wildman–Crippen LogP) is 3.27. The van der Waals surface area contributed by atoms with Gasteiger partial charge in [-0.05, 0) is 24.6 Å². The molecule has 0 aliphatic carbocycles. The molecule has 0 saturated carbocycles. The first-order valence-corrected chi connectivity index (χ1v) is 6.24. The van der Waals surface area contributed by atoms with Gasteiger partial charge in [0.05, 0.1) is 19.6 Å². The molecule has 0 N–H and O–H groups in total. The number of hydrogen-bond donors (Lipinski definition) is 0. The molecule has 102 valence electrons. The van der Waals surface area contributed by atoms with Crippen molar-refractivity contribution in [2.45, 2.75) is 6.92 Å². The third-order valence-electron chi connectivity index (χ3n) is 3.46. The Balaban J connectivity index is 2.58. The van der Waals surface area contributed by atoms with Gasteiger partial charge in [-0.1, -0.05) is 18.2 Å². The summed E-state index contributed by atoms with van der Waals surface area (Å²) in [5, 5.41) is 2.30. The van der Waals surface area contributed by atoms with Crippen LogP contribution in [0, 0.1) is 6.92 Å². The number of rotatable bonds is 2. The second-order valence-corrected chi connectivity index (χ2v) is 4.56. The van der Waals surface area contributed by atoms with Crippen LogP contribution in [-0.2, 0) is 0 Å². The Morgan fingerprint density at radius 2 is 1.80 bits per heavy atom. The third kappa shape index (κ3) is 1.65. The Labute approximate surface area is 115 Å². The average molecular weight is 270 g/mol. The van der Waals surface area contributed by atoms with E-state index in [0.717, 1.165) is 16.3 Å². The van der Waals surface area contributed by atoms with Gasteiger partial charge in [-0.25, -0.2) is 4.79 Å². The molecule has 0 aliphatic rings. The number of hydrogen-bond acceptors (Lipinski definition) is 4. The van der Waals surface area contributed by atoms with Crippen LogP contribution >= 0.6 is 0 Å². The van der Waals surface area contributed by atoms with Gasteiger partial charge >= 0.3 is 5.63 Å². The standard InChI is InChI=1S/C16H14O4/c1-9-5-4-6-10-11-7-8-12(18-2)15(19-3)14(11)20-16(17)13(9)10/h4-8H,1-3H3. The summed E-state index contributed by atoms with van der Waals surface area (Å²) in [6.07, 6.45) is 0. The van der Waals surface area contributed by atoms with Crippen molar-refractivity contribution in [1.29, 1.82) is 0 Å². The fraction of sp³-hybridized carbons (Fsp3) is 0.188. The molecule has 4 nitrogen and oxygen atoms in total. The molecule has 0 atom stereocenters. The van der Waals surface area contributed by atoms with Gasteiger partial charge in [-0.15, -0.1) is 0 Å². The molecule has 0 spiro atoms. The van der Waals surface area contributed by atoms with E-state index in [4.69, 9.17) is 13.9 Å². The van der Waals surface area contributed by atoms with Crippen LogP contribution in [0.1, 0.15) is 5.56 Å². The van der Waals surface area contributed by atoms with Crippen LogP contribution < -0.4 is 15.1 Å². The Kier molecular flexibility index (Phi) is 2.86. The number of ether oxygens (including phenoxy) is 2. The highest BCUT2D eigenvalue weighted by Gasteiger charge is 2.16. The summed E-state index contributed by atoms with van der Waals surface area (Å²) in [4.78, 5) is 12.2. The first-order valence-electron chi connectivity index (χ1n) is 6.24. The highest BCUT2D eigenvalue weighted by atomic mass is 16.5. The monoisotopic (exact) mass is 270 g/mol. The van der Waals surface area contributed by atoms with Crippen molar-refractivity contribution >= 4 is 21.7 Å². The van der Waals surface area contributed by atoms with Gasteiger partial charge in [0.25, 0.3) is 0 Å². The van der Waals surface area contributed by atoms with Crippen LogP contribution in [0.15, 0.2) is 39.5 Å². The molecule has 0 bridgehead atoms. The van der Waals surface area contributed by atoms with E-state index in [-0.39, 0.29) is 5.63 Å². The lowest BCUT2D eigenvalue weighted by Crippen LogP contribution is -2.03. The van der Waals surface area contributed by atoms with Crippen molar-refractivity contribution in [2.75, 3.05) is 14.2 Å². The first-order chi connectivity index (χ1) is 9.67. The molecule has 3 aromatic rings. The number of methoxy groups -OCH3 is 2. The van der Waals surface area contributed by atoms with Crippen LogP contribution in [0.3, 0.4) is 0 Å². The van der Waals surface area contributed by atoms with Gasteiger partial charge in [0, 0.05) is 10.8 Å². The van der Waals surface area contributed by atoms with Gasteiger partial charge in [-0.3, -0.25) is 0 Å². The highest BCUT2D eigenvalue weighted by Crippen LogP contribution is 2.37. The largest absolute Gasteiger partial charge is 0.493 e. The van der Waals surface area contributed by atoms with Gasteiger partial charge in [0.1, 0.15) is 0 Å². The van der Waals surface area contributed by atoms with E-state index in [0.29, 0.717) is 22.5 Å². The van der Waals surface area contributed by atoms with E-state index in [2.05, 4.69) is 0 Å². The van der Waals surface area contributed by atoms with Gasteiger partial charge < -0.3 is 13.9 Å². The molecule has 2 aromatic carbocycles. The van der Waals surface area contributed by atoms with Gasteiger partial charge in [-0.2, -0.15) is 0 Å².